The molecule has 22 heavy (non-hydrogen) atoms. The summed E-state index contributed by atoms with van der Waals surface area (Å²) in [6.07, 6.45) is 0.967. The minimum absolute atomic E-state index is 0.0926. The van der Waals surface area contributed by atoms with Gasteiger partial charge in [0.25, 0.3) is 0 Å². The first-order valence-electron chi connectivity index (χ1n) is 6.97. The van der Waals surface area contributed by atoms with E-state index in [2.05, 4.69) is 6.58 Å². The number of furan rings is 1. The molecule has 1 aromatic rings. The third kappa shape index (κ3) is 2.59. The van der Waals surface area contributed by atoms with Gasteiger partial charge in [0.05, 0.1) is 12.8 Å². The van der Waals surface area contributed by atoms with Crippen molar-refractivity contribution < 1.29 is 33.3 Å². The van der Waals surface area contributed by atoms with Crippen LogP contribution in [-0.4, -0.2) is 29.4 Å². The summed E-state index contributed by atoms with van der Waals surface area (Å²) in [5.74, 6) is -0.888. The van der Waals surface area contributed by atoms with Crippen LogP contribution in [0.1, 0.15) is 31.3 Å². The van der Waals surface area contributed by atoms with Gasteiger partial charge in [0.2, 0.25) is 17.3 Å². The van der Waals surface area contributed by atoms with Gasteiger partial charge in [-0.05, 0) is 6.92 Å². The first-order valence-corrected chi connectivity index (χ1v) is 6.97. The molecule has 118 valence electrons. The Hall–Kier alpha value is -2.28. The number of carbonyl (C=O) groups excluding carboxylic acids is 2. The van der Waals surface area contributed by atoms with Crippen molar-refractivity contribution in [2.45, 2.75) is 38.4 Å². The monoisotopic (exact) mass is 308 g/mol. The van der Waals surface area contributed by atoms with Gasteiger partial charge in [-0.1, -0.05) is 6.58 Å². The van der Waals surface area contributed by atoms with Crippen LogP contribution in [0, 0.1) is 0 Å². The van der Waals surface area contributed by atoms with Crippen LogP contribution in [-0.2, 0) is 27.2 Å². The van der Waals surface area contributed by atoms with E-state index < -0.39 is 17.7 Å². The molecular formula is C15H16O7. The molecule has 0 radical (unpaired) electrons. The van der Waals surface area contributed by atoms with Crippen LogP contribution >= 0.6 is 0 Å². The SMILES string of the molecule is C=C(C)C(=O)OCCC(=O)Oc1c2oc3c1OC(O)(CC2)C3. The maximum Gasteiger partial charge on any atom is 0.333 e. The summed E-state index contributed by atoms with van der Waals surface area (Å²) in [7, 11) is 0. The molecule has 0 spiro atoms. The smallest absolute Gasteiger partial charge is 0.333 e. The molecule has 7 nitrogen and oxygen atoms in total. The molecular weight excluding hydrogens is 292 g/mol. The Bertz CT molecular complexity index is 657. The second kappa shape index (κ2) is 5.17. The zero-order valence-electron chi connectivity index (χ0n) is 12.1. The van der Waals surface area contributed by atoms with Gasteiger partial charge in [0.15, 0.2) is 11.5 Å². The van der Waals surface area contributed by atoms with Crippen LogP contribution in [0.4, 0.5) is 0 Å². The summed E-state index contributed by atoms with van der Waals surface area (Å²) in [6.45, 7) is 4.87. The lowest BCUT2D eigenvalue weighted by Crippen LogP contribution is -2.33. The summed E-state index contributed by atoms with van der Waals surface area (Å²) in [5.41, 5.74) is 0.266. The van der Waals surface area contributed by atoms with E-state index in [-0.39, 0.29) is 30.8 Å². The number of hydrogen-bond donors (Lipinski definition) is 1. The Balaban J connectivity index is 1.60. The van der Waals surface area contributed by atoms with E-state index >= 15 is 0 Å². The third-order valence-corrected chi connectivity index (χ3v) is 3.53. The minimum atomic E-state index is -1.27. The molecule has 0 saturated heterocycles. The lowest BCUT2D eigenvalue weighted by molar-refractivity contribution is -0.142. The average molecular weight is 308 g/mol. The summed E-state index contributed by atoms with van der Waals surface area (Å²) >= 11 is 0. The number of rotatable bonds is 5. The number of fused-ring (bicyclic) bond motifs is 1. The zero-order chi connectivity index (χ0) is 15.9. The van der Waals surface area contributed by atoms with E-state index in [0.29, 0.717) is 30.1 Å². The summed E-state index contributed by atoms with van der Waals surface area (Å²) < 4.78 is 21.0. The Labute approximate surface area is 126 Å². The minimum Gasteiger partial charge on any atom is -0.462 e. The van der Waals surface area contributed by atoms with Crippen LogP contribution in [0.3, 0.4) is 0 Å². The molecule has 3 aliphatic rings. The Kier molecular flexibility index (Phi) is 3.44. The van der Waals surface area contributed by atoms with E-state index in [1.54, 1.807) is 0 Å². The summed E-state index contributed by atoms with van der Waals surface area (Å²) in [5, 5.41) is 10.1. The number of carbonyl (C=O) groups is 2. The lowest BCUT2D eigenvalue weighted by atomic mass is 10.1. The van der Waals surface area contributed by atoms with Gasteiger partial charge in [-0.2, -0.15) is 0 Å². The first-order chi connectivity index (χ1) is 10.4. The predicted molar refractivity (Wildman–Crippen MR) is 72.3 cm³/mol. The maximum atomic E-state index is 11.8. The molecule has 1 atom stereocenters. The average Bonchev–Trinajstić information content (AvgIpc) is 2.78. The van der Waals surface area contributed by atoms with Gasteiger partial charge in [-0.15, -0.1) is 0 Å². The van der Waals surface area contributed by atoms with Gasteiger partial charge in [-0.3, -0.25) is 4.79 Å². The molecule has 3 aliphatic heterocycles. The number of esters is 2. The molecule has 4 rings (SSSR count). The normalized spacial score (nSPS) is 21.2. The molecule has 1 unspecified atom stereocenters. The van der Waals surface area contributed by atoms with Crippen LogP contribution < -0.4 is 9.47 Å². The van der Waals surface area contributed by atoms with Crippen molar-refractivity contribution in [1.82, 2.24) is 0 Å². The highest BCUT2D eigenvalue weighted by Gasteiger charge is 2.47. The number of ether oxygens (including phenoxy) is 3. The van der Waals surface area contributed by atoms with E-state index in [1.807, 2.05) is 0 Å². The molecule has 1 N–H and O–H groups in total. The zero-order valence-corrected chi connectivity index (χ0v) is 12.1. The Morgan fingerprint density at radius 3 is 2.91 bits per heavy atom. The molecule has 4 bridgehead atoms. The van der Waals surface area contributed by atoms with Crippen LogP contribution in [0.25, 0.3) is 0 Å². The molecule has 7 heteroatoms. The molecule has 1 aromatic heterocycles. The quantitative estimate of drug-likeness (QED) is 0.646. The third-order valence-electron chi connectivity index (χ3n) is 3.53. The van der Waals surface area contributed by atoms with E-state index in [0.717, 1.165) is 0 Å². The highest BCUT2D eigenvalue weighted by atomic mass is 16.7. The van der Waals surface area contributed by atoms with Crippen molar-refractivity contribution in [3.63, 3.8) is 0 Å². The molecule has 4 heterocycles. The van der Waals surface area contributed by atoms with Crippen molar-refractivity contribution >= 4 is 11.9 Å². The summed E-state index contributed by atoms with van der Waals surface area (Å²) in [6, 6.07) is 0. The topological polar surface area (TPSA) is 95.2 Å². The first kappa shape index (κ1) is 14.6. The van der Waals surface area contributed by atoms with Crippen LogP contribution in [0.15, 0.2) is 16.6 Å². The van der Waals surface area contributed by atoms with Crippen molar-refractivity contribution in [2.24, 2.45) is 0 Å². The molecule has 0 aliphatic carbocycles. The highest BCUT2D eigenvalue weighted by molar-refractivity contribution is 5.87. The maximum absolute atomic E-state index is 11.8. The fraction of sp³-hybridized carbons (Fsp3) is 0.467. The fourth-order valence-corrected chi connectivity index (χ4v) is 2.42. The van der Waals surface area contributed by atoms with Gasteiger partial charge >= 0.3 is 11.9 Å². The van der Waals surface area contributed by atoms with Crippen molar-refractivity contribution in [3.05, 3.63) is 23.7 Å². The molecule has 0 saturated carbocycles. The highest BCUT2D eigenvalue weighted by Crippen LogP contribution is 2.50. The van der Waals surface area contributed by atoms with Crippen molar-refractivity contribution in [3.8, 4) is 11.5 Å². The lowest BCUT2D eigenvalue weighted by Gasteiger charge is -2.18. The second-order valence-electron chi connectivity index (χ2n) is 5.47. The molecule has 0 fully saturated rings. The predicted octanol–water partition coefficient (Wildman–Crippen LogP) is 1.26. The van der Waals surface area contributed by atoms with E-state index in [1.165, 1.54) is 6.92 Å². The largest absolute Gasteiger partial charge is 0.462 e. The van der Waals surface area contributed by atoms with E-state index in [9.17, 15) is 14.7 Å². The number of aryl methyl sites for hydroxylation is 1. The molecule has 0 aromatic carbocycles. The van der Waals surface area contributed by atoms with Crippen molar-refractivity contribution in [2.75, 3.05) is 6.61 Å². The van der Waals surface area contributed by atoms with Crippen LogP contribution in [0.5, 0.6) is 11.5 Å². The standard InChI is InChI=1S/C15H16O7/c1-8(2)14(17)19-6-4-11(16)21-12-9-3-5-15(18)7-10(20-9)13(12)22-15/h18H,1,3-7H2,2H3. The van der Waals surface area contributed by atoms with Gasteiger partial charge in [-0.25, -0.2) is 4.79 Å². The second-order valence-corrected chi connectivity index (χ2v) is 5.47. The fourth-order valence-electron chi connectivity index (χ4n) is 2.42. The molecule has 0 amide bonds. The van der Waals surface area contributed by atoms with Crippen molar-refractivity contribution in [1.29, 1.82) is 0 Å². The number of aliphatic hydroxyl groups is 1. The Morgan fingerprint density at radius 1 is 1.41 bits per heavy atom. The van der Waals surface area contributed by atoms with Gasteiger partial charge < -0.3 is 23.7 Å². The van der Waals surface area contributed by atoms with Gasteiger partial charge in [0, 0.05) is 18.4 Å². The summed E-state index contributed by atoms with van der Waals surface area (Å²) in [4.78, 5) is 23.0. The number of hydrogen-bond acceptors (Lipinski definition) is 7. The van der Waals surface area contributed by atoms with Crippen LogP contribution in [0.2, 0.25) is 0 Å². The van der Waals surface area contributed by atoms with Gasteiger partial charge in [0.1, 0.15) is 6.61 Å². The Morgan fingerprint density at radius 2 is 2.18 bits per heavy atom. The van der Waals surface area contributed by atoms with E-state index in [4.69, 9.17) is 18.6 Å².